The van der Waals surface area contributed by atoms with Crippen molar-refractivity contribution < 1.29 is 28.0 Å². The van der Waals surface area contributed by atoms with E-state index in [0.717, 1.165) is 37.1 Å². The number of likely N-dealkylation sites (N-methyl/N-ethyl adjacent to an activating group) is 2. The Labute approximate surface area is 337 Å². The summed E-state index contributed by atoms with van der Waals surface area (Å²) in [5, 5.41) is 3.65. The second-order valence-electron chi connectivity index (χ2n) is 14.0. The van der Waals surface area contributed by atoms with Gasteiger partial charge in [0.1, 0.15) is 0 Å². The van der Waals surface area contributed by atoms with Crippen LogP contribution in [0.3, 0.4) is 0 Å². The van der Waals surface area contributed by atoms with Crippen LogP contribution in [0.5, 0.6) is 17.2 Å². The molecule has 3 amide bonds. The van der Waals surface area contributed by atoms with Crippen LogP contribution in [0.25, 0.3) is 0 Å². The van der Waals surface area contributed by atoms with E-state index in [1.54, 1.807) is 42.1 Å². The largest absolute Gasteiger partial charge is 0.493 e. The number of carbonyl (C=O) groups excluding carboxylic acids is 2. The third kappa shape index (κ3) is 8.45. The van der Waals surface area contributed by atoms with Crippen molar-refractivity contribution in [2.24, 2.45) is 0 Å². The van der Waals surface area contributed by atoms with E-state index in [1.807, 2.05) is 60.7 Å². The van der Waals surface area contributed by atoms with Gasteiger partial charge in [0, 0.05) is 60.9 Å². The van der Waals surface area contributed by atoms with Crippen LogP contribution in [0.15, 0.2) is 91.0 Å². The molecule has 0 bridgehead atoms. The van der Waals surface area contributed by atoms with Crippen LogP contribution in [-0.4, -0.2) is 92.5 Å². The highest BCUT2D eigenvalue weighted by Gasteiger charge is 2.48. The van der Waals surface area contributed by atoms with Gasteiger partial charge in [-0.05, 0) is 72.8 Å². The zero-order valence-electron chi connectivity index (χ0n) is 32.0. The number of likely N-dealkylation sites (tertiary alicyclic amines) is 1. The highest BCUT2D eigenvalue weighted by molar-refractivity contribution is 7.85. The minimum Gasteiger partial charge on any atom is -0.493 e. The first-order chi connectivity index (χ1) is 26.1. The van der Waals surface area contributed by atoms with Gasteiger partial charge in [0.2, 0.25) is 5.75 Å². The number of rotatable bonds is 13. The smallest absolute Gasteiger partial charge is 0.318 e. The van der Waals surface area contributed by atoms with Gasteiger partial charge in [0.05, 0.1) is 31.6 Å². The summed E-state index contributed by atoms with van der Waals surface area (Å²) in [6.45, 7) is 2.60. The van der Waals surface area contributed by atoms with Crippen LogP contribution < -0.4 is 19.5 Å². The fraction of sp³-hybridized carbons (Fsp3) is 0.381. The lowest BCUT2D eigenvalue weighted by molar-refractivity contribution is 0.0537. The molecular formula is C42H50Cl2N4O6S. The number of amides is 3. The zero-order valence-corrected chi connectivity index (χ0v) is 34.4. The maximum Gasteiger partial charge on any atom is 0.318 e. The molecule has 1 saturated heterocycles. The zero-order chi connectivity index (χ0) is 38.5. The van der Waals surface area contributed by atoms with Crippen molar-refractivity contribution in [1.29, 1.82) is 0 Å². The molecule has 1 N–H and O–H groups in total. The molecular weight excluding hydrogens is 759 g/mol. The minimum absolute atomic E-state index is 0. The van der Waals surface area contributed by atoms with Crippen molar-refractivity contribution in [2.45, 2.75) is 41.8 Å². The highest BCUT2D eigenvalue weighted by Crippen LogP contribution is 2.47. The molecule has 2 atom stereocenters. The lowest BCUT2D eigenvalue weighted by atomic mass is 9.83. The Morgan fingerprint density at radius 1 is 0.891 bits per heavy atom. The maximum atomic E-state index is 14.3. The Hall–Kier alpha value is -4.29. The Morgan fingerprint density at radius 3 is 2.15 bits per heavy atom. The van der Waals surface area contributed by atoms with Gasteiger partial charge in [-0.3, -0.25) is 9.00 Å². The topological polar surface area (TPSA) is 101 Å². The Morgan fingerprint density at radius 2 is 1.51 bits per heavy atom. The Kier molecular flexibility index (Phi) is 13.8. The van der Waals surface area contributed by atoms with Crippen molar-refractivity contribution >= 4 is 46.7 Å². The van der Waals surface area contributed by atoms with E-state index in [1.165, 1.54) is 32.5 Å². The summed E-state index contributed by atoms with van der Waals surface area (Å²) in [4.78, 5) is 34.3. The van der Waals surface area contributed by atoms with Crippen molar-refractivity contribution in [3.8, 4) is 17.2 Å². The Balaban J connectivity index is 0.00000580. The lowest BCUT2D eigenvalue weighted by Gasteiger charge is -2.46. The van der Waals surface area contributed by atoms with Gasteiger partial charge < -0.3 is 34.2 Å². The number of methoxy groups -OCH3 is 3. The first kappa shape index (κ1) is 41.9. The molecule has 0 aromatic heterocycles. The summed E-state index contributed by atoms with van der Waals surface area (Å²) in [6.07, 6.45) is 2.11. The van der Waals surface area contributed by atoms with Crippen LogP contribution in [-0.2, 0) is 33.4 Å². The summed E-state index contributed by atoms with van der Waals surface area (Å²) in [7, 11) is 7.10. The molecule has 55 heavy (non-hydrogen) atoms. The number of piperidine rings is 1. The highest BCUT2D eigenvalue weighted by atomic mass is 35.5. The van der Waals surface area contributed by atoms with Crippen molar-refractivity contribution in [3.63, 3.8) is 0 Å². The first-order valence-corrected chi connectivity index (χ1v) is 19.8. The predicted molar refractivity (Wildman–Crippen MR) is 220 cm³/mol. The van der Waals surface area contributed by atoms with E-state index in [9.17, 15) is 13.8 Å². The second-order valence-corrected chi connectivity index (χ2v) is 16.2. The molecule has 0 radical (unpaired) electrons. The van der Waals surface area contributed by atoms with Crippen LogP contribution >= 0.6 is 24.0 Å². The van der Waals surface area contributed by atoms with E-state index in [4.69, 9.17) is 25.8 Å². The predicted octanol–water partition coefficient (Wildman–Crippen LogP) is 7.24. The van der Waals surface area contributed by atoms with Gasteiger partial charge in [-0.25, -0.2) is 4.79 Å². The maximum absolute atomic E-state index is 14.3. The number of hydrogen-bond donors (Lipinski definition) is 1. The number of carbonyl (C=O) groups is 2. The molecule has 0 aliphatic carbocycles. The molecule has 2 aliphatic rings. The van der Waals surface area contributed by atoms with E-state index >= 15 is 0 Å². The number of urea groups is 1. The summed E-state index contributed by atoms with van der Waals surface area (Å²) in [6, 6.07) is 28.6. The lowest BCUT2D eigenvalue weighted by Crippen LogP contribution is -2.58. The number of hydrogen-bond acceptors (Lipinski definition) is 7. The number of nitrogens with zero attached hydrogens (tertiary/aromatic N) is 3. The molecule has 2 heterocycles. The quantitative estimate of drug-likeness (QED) is 0.152. The summed E-state index contributed by atoms with van der Waals surface area (Å²) in [5.74, 6) is 1.45. The minimum atomic E-state index is -0.969. The van der Waals surface area contributed by atoms with Crippen LogP contribution in [0.4, 0.5) is 4.79 Å². The molecule has 4 aromatic rings. The van der Waals surface area contributed by atoms with Crippen LogP contribution in [0, 0.1) is 0 Å². The van der Waals surface area contributed by atoms with E-state index in [-0.39, 0.29) is 42.2 Å². The fourth-order valence-electron chi connectivity index (χ4n) is 8.02. The molecule has 2 aliphatic heterocycles. The summed E-state index contributed by atoms with van der Waals surface area (Å²) in [5.41, 5.74) is 3.50. The third-order valence-corrected chi connectivity index (χ3v) is 13.6. The van der Waals surface area contributed by atoms with Gasteiger partial charge in [0.15, 0.2) is 11.5 Å². The molecule has 4 aromatic carbocycles. The molecule has 6 rings (SSSR count). The third-order valence-electron chi connectivity index (χ3n) is 11.1. The average Bonchev–Trinajstić information content (AvgIpc) is 3.48. The Bertz CT molecular complexity index is 1970. The monoisotopic (exact) mass is 808 g/mol. The van der Waals surface area contributed by atoms with Crippen molar-refractivity contribution in [1.82, 2.24) is 20.0 Å². The van der Waals surface area contributed by atoms with E-state index in [2.05, 4.69) is 22.3 Å². The van der Waals surface area contributed by atoms with Gasteiger partial charge in [-0.1, -0.05) is 84.4 Å². The second kappa shape index (κ2) is 18.1. The number of nitrogens with one attached hydrogen (secondary N) is 1. The van der Waals surface area contributed by atoms with Crippen LogP contribution in [0.2, 0.25) is 5.02 Å². The van der Waals surface area contributed by atoms with Crippen LogP contribution in [0.1, 0.15) is 51.9 Å². The summed E-state index contributed by atoms with van der Waals surface area (Å²) >= 11 is 6.46. The molecule has 1 fully saturated rings. The molecule has 2 unspecified atom stereocenters. The molecule has 1 spiro atoms. The van der Waals surface area contributed by atoms with E-state index in [0.29, 0.717) is 46.6 Å². The molecule has 10 nitrogen and oxygen atoms in total. The molecule has 294 valence electrons. The van der Waals surface area contributed by atoms with Crippen molar-refractivity contribution in [2.75, 3.05) is 61.6 Å². The number of halogens is 2. The summed E-state index contributed by atoms with van der Waals surface area (Å²) < 4.78 is 29.8. The van der Waals surface area contributed by atoms with Gasteiger partial charge in [-0.15, -0.1) is 12.4 Å². The normalized spacial score (nSPS) is 16.9. The van der Waals surface area contributed by atoms with Gasteiger partial charge in [0.25, 0.3) is 5.91 Å². The number of fused-ring (bicyclic) bond motifs is 2. The van der Waals surface area contributed by atoms with Gasteiger partial charge in [-0.2, -0.15) is 0 Å². The average molecular weight is 810 g/mol. The fourth-order valence-corrected chi connectivity index (χ4v) is 10.1. The van der Waals surface area contributed by atoms with Crippen molar-refractivity contribution in [3.05, 3.63) is 124 Å². The molecule has 13 heteroatoms. The van der Waals surface area contributed by atoms with E-state index < -0.39 is 16.3 Å². The number of benzene rings is 4. The van der Waals surface area contributed by atoms with Gasteiger partial charge >= 0.3 is 6.03 Å². The first-order valence-electron chi connectivity index (χ1n) is 18.1. The molecule has 0 saturated carbocycles. The standard InChI is InChI=1S/C42H49ClN4O6S.ClH/c1-45(39(48)32-25-36(51-3)38(53-5)37(26-32)52-4)29-41(33-15-7-6-8-16-33,46(2)40(49)44-27-30-13-10-12-18-35(30)43)19-22-47-23-20-42(21-24-47)34-17-11-9-14-31(34)28-54(42)50;/h6-18,25-26H,19-24,27-29H2,1-5H3,(H,44,49);1H. The number of ether oxygens (including phenoxy) is 3. The SMILES string of the molecule is COc1cc(C(=O)N(C)CC(CCN2CCC3(CC2)c2ccccc2CS3=O)(c2ccccc2)N(C)C(=O)NCc2ccccc2Cl)cc(OC)c1OC.Cl.